The zero-order chi connectivity index (χ0) is 14.4. The summed E-state index contributed by atoms with van der Waals surface area (Å²) in [4.78, 5) is 11.1. The van der Waals surface area contributed by atoms with E-state index in [0.29, 0.717) is 5.57 Å². The molecule has 0 bridgehead atoms. The number of rotatable bonds is 5. The Kier molecular flexibility index (Phi) is 5.66. The van der Waals surface area contributed by atoms with Gasteiger partial charge in [0.15, 0.2) is 0 Å². The molecule has 0 amide bonds. The van der Waals surface area contributed by atoms with Crippen LogP contribution in [0.4, 0.5) is 8.78 Å². The second kappa shape index (κ2) is 7.01. The summed E-state index contributed by atoms with van der Waals surface area (Å²) in [5.74, 6) is -1.47. The SMILES string of the molecule is C=C/C=C(\C=C(/CO)C(=O)S)c1ccc(F)cc1F. The summed E-state index contributed by atoms with van der Waals surface area (Å²) in [6, 6.07) is 3.08. The summed E-state index contributed by atoms with van der Waals surface area (Å²) in [5, 5.41) is 8.40. The Bertz CT molecular complexity index is 563. The molecule has 0 spiro atoms. The average Bonchev–Trinajstić information content (AvgIpc) is 2.34. The molecule has 0 saturated carbocycles. The van der Waals surface area contributed by atoms with E-state index in [0.717, 1.165) is 12.1 Å². The molecule has 1 N–H and O–H groups in total. The van der Waals surface area contributed by atoms with Crippen molar-refractivity contribution in [3.05, 3.63) is 65.8 Å². The van der Waals surface area contributed by atoms with Crippen molar-refractivity contribution in [2.45, 2.75) is 0 Å². The molecule has 0 unspecified atom stereocenters. The van der Waals surface area contributed by atoms with Gasteiger partial charge in [0.1, 0.15) is 11.6 Å². The fourth-order valence-electron chi connectivity index (χ4n) is 1.43. The number of carbonyl (C=O) groups excluding carboxylic acids is 1. The van der Waals surface area contributed by atoms with Crippen molar-refractivity contribution in [3.8, 4) is 0 Å². The molecule has 5 heteroatoms. The van der Waals surface area contributed by atoms with Crippen molar-refractivity contribution >= 4 is 23.3 Å². The third-order valence-electron chi connectivity index (χ3n) is 2.31. The smallest absolute Gasteiger partial charge is 0.214 e. The molecule has 0 fully saturated rings. The number of thiol groups is 1. The Hall–Kier alpha value is -1.72. The maximum Gasteiger partial charge on any atom is 0.214 e. The summed E-state index contributed by atoms with van der Waals surface area (Å²) >= 11 is 3.60. The Morgan fingerprint density at radius 1 is 1.42 bits per heavy atom. The lowest BCUT2D eigenvalue weighted by molar-refractivity contribution is -0.108. The van der Waals surface area contributed by atoms with Crippen LogP contribution in [-0.2, 0) is 4.79 Å². The third-order valence-corrected chi connectivity index (χ3v) is 2.60. The molecule has 0 aromatic heterocycles. The number of aliphatic hydroxyl groups excluding tert-OH is 1. The summed E-state index contributed by atoms with van der Waals surface area (Å²) < 4.78 is 26.5. The van der Waals surface area contributed by atoms with Crippen LogP contribution in [0.25, 0.3) is 5.57 Å². The van der Waals surface area contributed by atoms with Gasteiger partial charge >= 0.3 is 0 Å². The first-order valence-corrected chi connectivity index (χ1v) is 5.77. The van der Waals surface area contributed by atoms with Crippen molar-refractivity contribution < 1.29 is 18.7 Å². The summed E-state index contributed by atoms with van der Waals surface area (Å²) in [5.41, 5.74) is 0.390. The van der Waals surface area contributed by atoms with Gasteiger partial charge in [-0.15, -0.1) is 12.6 Å². The van der Waals surface area contributed by atoms with E-state index in [9.17, 15) is 13.6 Å². The molecular weight excluding hydrogens is 270 g/mol. The van der Waals surface area contributed by atoms with Gasteiger partial charge in [0.05, 0.1) is 6.61 Å². The van der Waals surface area contributed by atoms with Gasteiger partial charge in [0.25, 0.3) is 0 Å². The summed E-state index contributed by atoms with van der Waals surface area (Å²) in [7, 11) is 0. The Morgan fingerprint density at radius 2 is 2.11 bits per heavy atom. The molecule has 0 heterocycles. The molecule has 0 radical (unpaired) electrons. The lowest BCUT2D eigenvalue weighted by atomic mass is 10.0. The van der Waals surface area contributed by atoms with Crippen LogP contribution >= 0.6 is 12.6 Å². The van der Waals surface area contributed by atoms with Crippen LogP contribution in [0.1, 0.15) is 5.56 Å². The fourth-order valence-corrected chi connectivity index (χ4v) is 1.56. The van der Waals surface area contributed by atoms with Gasteiger partial charge < -0.3 is 5.11 Å². The van der Waals surface area contributed by atoms with Crippen LogP contribution in [0.3, 0.4) is 0 Å². The first-order chi connectivity index (χ1) is 8.99. The van der Waals surface area contributed by atoms with E-state index in [1.54, 1.807) is 0 Å². The van der Waals surface area contributed by atoms with Crippen LogP contribution in [0.5, 0.6) is 0 Å². The Balaban J connectivity index is 3.33. The second-order valence-electron chi connectivity index (χ2n) is 3.61. The second-order valence-corrected chi connectivity index (χ2v) is 4.02. The minimum absolute atomic E-state index is 0.000147. The first kappa shape index (κ1) is 15.3. The first-order valence-electron chi connectivity index (χ1n) is 5.32. The highest BCUT2D eigenvalue weighted by atomic mass is 32.1. The maximum absolute atomic E-state index is 13.7. The molecule has 100 valence electrons. The van der Waals surface area contributed by atoms with Gasteiger partial charge in [0, 0.05) is 17.2 Å². The molecule has 0 aliphatic heterocycles. The number of allylic oxidation sites excluding steroid dienone is 4. The summed E-state index contributed by atoms with van der Waals surface area (Å²) in [6.45, 7) is 2.95. The zero-order valence-corrected chi connectivity index (χ0v) is 10.8. The van der Waals surface area contributed by atoms with Crippen molar-refractivity contribution in [2.75, 3.05) is 6.61 Å². The van der Waals surface area contributed by atoms with Crippen LogP contribution in [-0.4, -0.2) is 16.8 Å². The molecule has 2 nitrogen and oxygen atoms in total. The number of hydrogen-bond donors (Lipinski definition) is 2. The van der Waals surface area contributed by atoms with Crippen molar-refractivity contribution in [3.63, 3.8) is 0 Å². The van der Waals surface area contributed by atoms with E-state index in [-0.39, 0.29) is 11.1 Å². The average molecular weight is 282 g/mol. The topological polar surface area (TPSA) is 37.3 Å². The van der Waals surface area contributed by atoms with Gasteiger partial charge in [-0.05, 0) is 23.8 Å². The lowest BCUT2D eigenvalue weighted by Gasteiger charge is -2.06. The molecule has 19 heavy (non-hydrogen) atoms. The molecular formula is C14H12F2O2S. The van der Waals surface area contributed by atoms with Crippen LogP contribution in [0.15, 0.2) is 48.6 Å². The quantitative estimate of drug-likeness (QED) is 0.495. The minimum Gasteiger partial charge on any atom is -0.392 e. The van der Waals surface area contributed by atoms with Gasteiger partial charge in [-0.2, -0.15) is 0 Å². The zero-order valence-electron chi connectivity index (χ0n) is 9.94. The molecule has 1 aromatic carbocycles. The monoisotopic (exact) mass is 282 g/mol. The predicted octanol–water partition coefficient (Wildman–Crippen LogP) is 2.91. The van der Waals surface area contributed by atoms with E-state index >= 15 is 0 Å². The largest absolute Gasteiger partial charge is 0.392 e. The number of carbonyl (C=O) groups is 1. The van der Waals surface area contributed by atoms with E-state index in [1.807, 2.05) is 0 Å². The predicted molar refractivity (Wildman–Crippen MR) is 73.7 cm³/mol. The molecule has 0 aliphatic carbocycles. The lowest BCUT2D eigenvalue weighted by Crippen LogP contribution is -2.00. The molecule has 0 saturated heterocycles. The molecule has 0 atom stereocenters. The van der Waals surface area contributed by atoms with E-state index in [4.69, 9.17) is 5.11 Å². The van der Waals surface area contributed by atoms with Gasteiger partial charge in [-0.1, -0.05) is 18.7 Å². The van der Waals surface area contributed by atoms with Crippen molar-refractivity contribution in [1.82, 2.24) is 0 Å². The standard InChI is InChI=1S/C14H12F2O2S/c1-2-3-9(6-10(8-17)14(18)19)12-5-4-11(15)7-13(12)16/h2-7,17H,1,8H2,(H,18,19)/b9-3+,10-6+. The van der Waals surface area contributed by atoms with Crippen LogP contribution in [0, 0.1) is 11.6 Å². The highest BCUT2D eigenvalue weighted by Crippen LogP contribution is 2.22. The number of hydrogen-bond acceptors (Lipinski definition) is 2. The fraction of sp³-hybridized carbons (Fsp3) is 0.0714. The van der Waals surface area contributed by atoms with E-state index < -0.39 is 23.4 Å². The molecule has 1 aromatic rings. The van der Waals surface area contributed by atoms with E-state index in [1.165, 1.54) is 24.3 Å². The van der Waals surface area contributed by atoms with Gasteiger partial charge in [0.2, 0.25) is 5.12 Å². The Morgan fingerprint density at radius 3 is 2.58 bits per heavy atom. The van der Waals surface area contributed by atoms with Gasteiger partial charge in [-0.25, -0.2) is 8.78 Å². The van der Waals surface area contributed by atoms with Crippen molar-refractivity contribution in [1.29, 1.82) is 0 Å². The minimum atomic E-state index is -0.770. The highest BCUT2D eigenvalue weighted by molar-refractivity contribution is 7.97. The van der Waals surface area contributed by atoms with Crippen LogP contribution in [0.2, 0.25) is 0 Å². The Labute approximate surface area is 115 Å². The molecule has 0 aliphatic rings. The number of halogens is 2. The summed E-state index contributed by atoms with van der Waals surface area (Å²) in [6.07, 6.45) is 4.13. The van der Waals surface area contributed by atoms with Crippen LogP contribution < -0.4 is 0 Å². The number of benzene rings is 1. The normalized spacial score (nSPS) is 12.4. The van der Waals surface area contributed by atoms with Gasteiger partial charge in [-0.3, -0.25) is 4.79 Å². The maximum atomic E-state index is 13.7. The van der Waals surface area contributed by atoms with E-state index in [2.05, 4.69) is 19.2 Å². The highest BCUT2D eigenvalue weighted by Gasteiger charge is 2.10. The number of aliphatic hydroxyl groups is 1. The third kappa shape index (κ3) is 4.15. The molecule has 1 rings (SSSR count). The van der Waals surface area contributed by atoms with Crippen molar-refractivity contribution in [2.24, 2.45) is 0 Å².